The van der Waals surface area contributed by atoms with E-state index in [1.54, 1.807) is 30.0 Å². The molecule has 1 aromatic rings. The molecular formula is C16H22N2O6S. The van der Waals surface area contributed by atoms with Crippen LogP contribution in [0.2, 0.25) is 0 Å². The van der Waals surface area contributed by atoms with Gasteiger partial charge in [0.25, 0.3) is 5.91 Å². The number of benzene rings is 1. The first-order chi connectivity index (χ1) is 11.8. The van der Waals surface area contributed by atoms with Crippen molar-refractivity contribution >= 4 is 15.9 Å². The fraction of sp³-hybridized carbons (Fsp3) is 0.562. The minimum Gasteiger partial charge on any atom is -0.481 e. The monoisotopic (exact) mass is 370 g/mol. The Labute approximate surface area is 147 Å². The minimum absolute atomic E-state index is 0.115. The van der Waals surface area contributed by atoms with E-state index in [2.05, 4.69) is 4.72 Å². The van der Waals surface area contributed by atoms with E-state index in [4.69, 9.17) is 14.2 Å². The second-order valence-electron chi connectivity index (χ2n) is 6.26. The number of hydrogen-bond acceptors (Lipinski definition) is 6. The van der Waals surface area contributed by atoms with Crippen molar-refractivity contribution in [1.29, 1.82) is 0 Å². The lowest BCUT2D eigenvalue weighted by Crippen LogP contribution is -2.49. The van der Waals surface area contributed by atoms with E-state index in [9.17, 15) is 13.2 Å². The van der Waals surface area contributed by atoms with Gasteiger partial charge in [0.1, 0.15) is 5.75 Å². The number of likely N-dealkylation sites (tertiary alicyclic amines) is 1. The second-order valence-corrected chi connectivity index (χ2v) is 8.04. The third kappa shape index (κ3) is 4.55. The van der Waals surface area contributed by atoms with E-state index in [0.29, 0.717) is 43.2 Å². The highest BCUT2D eigenvalue weighted by atomic mass is 32.2. The van der Waals surface area contributed by atoms with Crippen molar-refractivity contribution in [2.75, 3.05) is 26.1 Å². The average Bonchev–Trinajstić information content (AvgIpc) is 3.01. The van der Waals surface area contributed by atoms with Crippen LogP contribution < -0.4 is 18.9 Å². The van der Waals surface area contributed by atoms with Gasteiger partial charge in [0.2, 0.25) is 16.8 Å². The average molecular weight is 370 g/mol. The molecule has 1 aromatic carbocycles. The highest BCUT2D eigenvalue weighted by Gasteiger charge is 2.28. The summed E-state index contributed by atoms with van der Waals surface area (Å²) in [6.07, 6.45) is 1.69. The summed E-state index contributed by atoms with van der Waals surface area (Å²) >= 11 is 0. The van der Waals surface area contributed by atoms with Gasteiger partial charge in [-0.1, -0.05) is 0 Å². The molecular weight excluding hydrogens is 348 g/mol. The van der Waals surface area contributed by atoms with Crippen molar-refractivity contribution in [3.8, 4) is 17.2 Å². The molecule has 2 heterocycles. The van der Waals surface area contributed by atoms with Gasteiger partial charge < -0.3 is 19.1 Å². The van der Waals surface area contributed by atoms with Crippen molar-refractivity contribution in [2.24, 2.45) is 0 Å². The number of ether oxygens (including phenoxy) is 3. The van der Waals surface area contributed by atoms with Gasteiger partial charge in [-0.25, -0.2) is 13.1 Å². The molecule has 0 bridgehead atoms. The summed E-state index contributed by atoms with van der Waals surface area (Å²) in [4.78, 5) is 14.2. The summed E-state index contributed by atoms with van der Waals surface area (Å²) in [5.41, 5.74) is 0. The van der Waals surface area contributed by atoms with Crippen molar-refractivity contribution in [3.63, 3.8) is 0 Å². The molecule has 0 radical (unpaired) electrons. The smallest absolute Gasteiger partial charge is 0.263 e. The highest BCUT2D eigenvalue weighted by molar-refractivity contribution is 7.88. The fourth-order valence-electron chi connectivity index (χ4n) is 2.98. The zero-order valence-corrected chi connectivity index (χ0v) is 15.0. The molecule has 1 saturated heterocycles. The van der Waals surface area contributed by atoms with Crippen LogP contribution in [-0.2, 0) is 14.8 Å². The first-order valence-corrected chi connectivity index (χ1v) is 10.0. The third-order valence-electron chi connectivity index (χ3n) is 4.19. The van der Waals surface area contributed by atoms with E-state index in [0.717, 1.165) is 6.26 Å². The molecule has 0 saturated carbocycles. The standard InChI is InChI=1S/C16H22N2O6S/c1-11(24-13-3-4-14-15(9-13)23-10-22-14)16(19)18-7-5-12(6-8-18)17-25(2,20)21/h3-4,9,11-12,17H,5-8,10H2,1-2H3/t11-/m1/s1. The summed E-state index contributed by atoms with van der Waals surface area (Å²) in [5.74, 6) is 1.69. The maximum absolute atomic E-state index is 12.5. The first kappa shape index (κ1) is 17.8. The Morgan fingerprint density at radius 2 is 1.96 bits per heavy atom. The van der Waals surface area contributed by atoms with Gasteiger partial charge in [-0.2, -0.15) is 0 Å². The van der Waals surface area contributed by atoms with Crippen molar-refractivity contribution in [1.82, 2.24) is 9.62 Å². The lowest BCUT2D eigenvalue weighted by molar-refractivity contribution is -0.139. The van der Waals surface area contributed by atoms with Gasteiger partial charge in [0.15, 0.2) is 17.6 Å². The molecule has 8 nitrogen and oxygen atoms in total. The van der Waals surface area contributed by atoms with Crippen LogP contribution in [0.1, 0.15) is 19.8 Å². The Hall–Kier alpha value is -2.00. The molecule has 138 valence electrons. The summed E-state index contributed by atoms with van der Waals surface area (Å²) in [7, 11) is -3.22. The number of amides is 1. The highest BCUT2D eigenvalue weighted by Crippen LogP contribution is 2.35. The minimum atomic E-state index is -3.22. The normalized spacial score (nSPS) is 18.9. The zero-order chi connectivity index (χ0) is 18.0. The molecule has 1 amide bonds. The van der Waals surface area contributed by atoms with E-state index < -0.39 is 16.1 Å². The molecule has 9 heteroatoms. The molecule has 0 aromatic heterocycles. The van der Waals surface area contributed by atoms with Gasteiger partial charge in [-0.05, 0) is 31.9 Å². The number of carbonyl (C=O) groups is 1. The SMILES string of the molecule is C[C@@H](Oc1ccc2c(c1)OCO2)C(=O)N1CCC(NS(C)(=O)=O)CC1. The van der Waals surface area contributed by atoms with Crippen LogP contribution in [0.25, 0.3) is 0 Å². The molecule has 0 aliphatic carbocycles. The lowest BCUT2D eigenvalue weighted by atomic mass is 10.1. The van der Waals surface area contributed by atoms with Crippen LogP contribution >= 0.6 is 0 Å². The Balaban J connectivity index is 1.53. The predicted molar refractivity (Wildman–Crippen MR) is 90.2 cm³/mol. The molecule has 3 rings (SSSR count). The Morgan fingerprint density at radius 1 is 1.28 bits per heavy atom. The summed E-state index contributed by atoms with van der Waals surface area (Å²) in [6, 6.07) is 5.06. The number of nitrogens with zero attached hydrogens (tertiary/aromatic N) is 1. The number of nitrogens with one attached hydrogen (secondary N) is 1. The summed E-state index contributed by atoms with van der Waals surface area (Å²) < 4.78 is 41.4. The summed E-state index contributed by atoms with van der Waals surface area (Å²) in [6.45, 7) is 2.89. The van der Waals surface area contributed by atoms with E-state index in [-0.39, 0.29) is 18.7 Å². The fourth-order valence-corrected chi connectivity index (χ4v) is 3.82. The Kier molecular flexibility index (Phi) is 5.05. The van der Waals surface area contributed by atoms with Crippen molar-refractivity contribution in [3.05, 3.63) is 18.2 Å². The van der Waals surface area contributed by atoms with Crippen molar-refractivity contribution in [2.45, 2.75) is 31.9 Å². The quantitative estimate of drug-likeness (QED) is 0.821. The van der Waals surface area contributed by atoms with Crippen LogP contribution in [0.15, 0.2) is 18.2 Å². The summed E-state index contributed by atoms with van der Waals surface area (Å²) in [5, 5.41) is 0. The molecule has 1 fully saturated rings. The number of fused-ring (bicyclic) bond motifs is 1. The topological polar surface area (TPSA) is 94.2 Å². The lowest BCUT2D eigenvalue weighted by Gasteiger charge is -2.33. The maximum atomic E-state index is 12.5. The molecule has 1 atom stereocenters. The predicted octanol–water partition coefficient (Wildman–Crippen LogP) is 0.723. The maximum Gasteiger partial charge on any atom is 0.263 e. The number of carbonyl (C=O) groups excluding carboxylic acids is 1. The van der Waals surface area contributed by atoms with Crippen LogP contribution in [0.4, 0.5) is 0 Å². The second kappa shape index (κ2) is 7.09. The van der Waals surface area contributed by atoms with Crippen LogP contribution in [0.5, 0.6) is 17.2 Å². The van der Waals surface area contributed by atoms with Gasteiger partial charge in [-0.15, -0.1) is 0 Å². The molecule has 2 aliphatic rings. The van der Waals surface area contributed by atoms with Crippen LogP contribution in [0, 0.1) is 0 Å². The van der Waals surface area contributed by atoms with Gasteiger partial charge in [0.05, 0.1) is 6.26 Å². The Bertz CT molecular complexity index is 743. The van der Waals surface area contributed by atoms with E-state index >= 15 is 0 Å². The first-order valence-electron chi connectivity index (χ1n) is 8.14. The molecule has 1 N–H and O–H groups in total. The molecule has 0 spiro atoms. The van der Waals surface area contributed by atoms with Gasteiger partial charge >= 0.3 is 0 Å². The number of sulfonamides is 1. The van der Waals surface area contributed by atoms with Crippen LogP contribution in [-0.4, -0.2) is 57.5 Å². The van der Waals surface area contributed by atoms with E-state index in [1.807, 2.05) is 0 Å². The number of piperidine rings is 1. The molecule has 2 aliphatic heterocycles. The van der Waals surface area contributed by atoms with E-state index in [1.165, 1.54) is 0 Å². The number of rotatable bonds is 5. The molecule has 25 heavy (non-hydrogen) atoms. The van der Waals surface area contributed by atoms with Gasteiger partial charge in [0, 0.05) is 25.2 Å². The molecule has 0 unspecified atom stereocenters. The van der Waals surface area contributed by atoms with Crippen molar-refractivity contribution < 1.29 is 27.4 Å². The zero-order valence-electron chi connectivity index (χ0n) is 14.2. The Morgan fingerprint density at radius 3 is 2.64 bits per heavy atom. The van der Waals surface area contributed by atoms with Gasteiger partial charge in [-0.3, -0.25) is 4.79 Å². The number of hydrogen-bond donors (Lipinski definition) is 1. The largest absolute Gasteiger partial charge is 0.481 e. The van der Waals surface area contributed by atoms with Crippen LogP contribution in [0.3, 0.4) is 0 Å². The third-order valence-corrected chi connectivity index (χ3v) is 4.95.